The number of carbonyl (C=O) groups is 1. The van der Waals surface area contributed by atoms with Crippen molar-refractivity contribution in [1.29, 1.82) is 0 Å². The van der Waals surface area contributed by atoms with Gasteiger partial charge in [0.1, 0.15) is 11.9 Å². The van der Waals surface area contributed by atoms with E-state index in [1.165, 1.54) is 11.3 Å². The highest BCUT2D eigenvalue weighted by atomic mass is 16.5. The van der Waals surface area contributed by atoms with Crippen molar-refractivity contribution in [2.75, 3.05) is 51.2 Å². The number of nitrogens with one attached hydrogen (secondary N) is 2. The van der Waals surface area contributed by atoms with Crippen LogP contribution in [0.5, 0.6) is 5.75 Å². The zero-order valence-electron chi connectivity index (χ0n) is 17.4. The number of fused-ring (bicyclic) bond motifs is 1. The van der Waals surface area contributed by atoms with Crippen molar-refractivity contribution in [2.24, 2.45) is 4.99 Å². The van der Waals surface area contributed by atoms with Crippen LogP contribution in [0.15, 0.2) is 59.6 Å². The SMILES string of the molecule is CN=C(NCC(=O)N1CCN(c2ccccc2)CC1)NCC1Cc2ccccc2O1. The van der Waals surface area contributed by atoms with Gasteiger partial charge in [0, 0.05) is 45.3 Å². The molecule has 30 heavy (non-hydrogen) atoms. The van der Waals surface area contributed by atoms with Crippen LogP contribution in [0.4, 0.5) is 5.69 Å². The predicted octanol–water partition coefficient (Wildman–Crippen LogP) is 1.50. The van der Waals surface area contributed by atoms with Crippen LogP contribution in [0, 0.1) is 0 Å². The van der Waals surface area contributed by atoms with Crippen LogP contribution in [-0.2, 0) is 11.2 Å². The summed E-state index contributed by atoms with van der Waals surface area (Å²) in [6.07, 6.45) is 0.952. The minimum absolute atomic E-state index is 0.0720. The molecule has 2 N–H and O–H groups in total. The number of nitrogens with zero attached hydrogens (tertiary/aromatic N) is 3. The van der Waals surface area contributed by atoms with Crippen molar-refractivity contribution >= 4 is 17.6 Å². The van der Waals surface area contributed by atoms with E-state index < -0.39 is 0 Å². The van der Waals surface area contributed by atoms with Crippen LogP contribution >= 0.6 is 0 Å². The molecule has 1 fully saturated rings. The lowest BCUT2D eigenvalue weighted by Crippen LogP contribution is -2.52. The molecule has 0 saturated carbocycles. The van der Waals surface area contributed by atoms with Crippen molar-refractivity contribution in [3.05, 3.63) is 60.2 Å². The molecule has 0 aliphatic carbocycles. The number of para-hydroxylation sites is 2. The molecule has 7 nitrogen and oxygen atoms in total. The van der Waals surface area contributed by atoms with Gasteiger partial charge < -0.3 is 25.2 Å². The normalized spacial score (nSPS) is 18.6. The standard InChI is InChI=1S/C23H29N5O2/c1-24-23(25-16-20-15-18-7-5-6-10-21(18)30-20)26-17-22(29)28-13-11-27(12-14-28)19-8-3-2-4-9-19/h2-10,20H,11-17H2,1H3,(H2,24,25,26). The number of benzene rings is 2. The van der Waals surface area contributed by atoms with E-state index in [0.29, 0.717) is 12.5 Å². The molecule has 0 aromatic heterocycles. The van der Waals surface area contributed by atoms with Gasteiger partial charge in [-0.2, -0.15) is 0 Å². The number of hydrogen-bond acceptors (Lipinski definition) is 4. The Hall–Kier alpha value is -3.22. The summed E-state index contributed by atoms with van der Waals surface area (Å²) in [5.74, 6) is 1.66. The Labute approximate surface area is 177 Å². The van der Waals surface area contributed by atoms with Crippen LogP contribution in [0.3, 0.4) is 0 Å². The molecule has 2 aliphatic rings. The number of aliphatic imine (C=N–C) groups is 1. The summed E-state index contributed by atoms with van der Waals surface area (Å²) in [6, 6.07) is 18.5. The van der Waals surface area contributed by atoms with E-state index in [0.717, 1.165) is 38.3 Å². The largest absolute Gasteiger partial charge is 0.488 e. The lowest BCUT2D eigenvalue weighted by Gasteiger charge is -2.36. The molecule has 1 saturated heterocycles. The topological polar surface area (TPSA) is 69.2 Å². The Morgan fingerprint density at radius 3 is 2.50 bits per heavy atom. The first kappa shape index (κ1) is 20.1. The zero-order valence-corrected chi connectivity index (χ0v) is 17.4. The number of carbonyl (C=O) groups excluding carboxylic acids is 1. The summed E-state index contributed by atoms with van der Waals surface area (Å²) in [5.41, 5.74) is 2.45. The second-order valence-electron chi connectivity index (χ2n) is 7.56. The van der Waals surface area contributed by atoms with Gasteiger partial charge in [-0.05, 0) is 23.8 Å². The molecular formula is C23H29N5O2. The summed E-state index contributed by atoms with van der Waals surface area (Å²) in [5, 5.41) is 6.40. The van der Waals surface area contributed by atoms with Crippen molar-refractivity contribution in [3.8, 4) is 5.75 Å². The molecule has 7 heteroatoms. The lowest BCUT2D eigenvalue weighted by atomic mass is 10.1. The van der Waals surface area contributed by atoms with Crippen LogP contribution < -0.4 is 20.3 Å². The molecule has 2 heterocycles. The third-order valence-corrected chi connectivity index (χ3v) is 5.60. The molecule has 0 spiro atoms. The minimum Gasteiger partial charge on any atom is -0.488 e. The van der Waals surface area contributed by atoms with E-state index in [9.17, 15) is 4.79 Å². The Morgan fingerprint density at radius 2 is 1.77 bits per heavy atom. The molecular weight excluding hydrogens is 378 g/mol. The molecule has 2 aromatic carbocycles. The zero-order chi connectivity index (χ0) is 20.8. The number of guanidine groups is 1. The average Bonchev–Trinajstić information content (AvgIpc) is 3.23. The second-order valence-corrected chi connectivity index (χ2v) is 7.56. The van der Waals surface area contributed by atoms with Gasteiger partial charge in [-0.25, -0.2) is 0 Å². The maximum Gasteiger partial charge on any atom is 0.242 e. The van der Waals surface area contributed by atoms with Gasteiger partial charge in [0.05, 0.1) is 13.1 Å². The van der Waals surface area contributed by atoms with Crippen LogP contribution in [-0.4, -0.2) is 69.2 Å². The van der Waals surface area contributed by atoms with Crippen molar-refractivity contribution < 1.29 is 9.53 Å². The molecule has 1 atom stereocenters. The van der Waals surface area contributed by atoms with Gasteiger partial charge in [0.25, 0.3) is 0 Å². The Bertz CT molecular complexity index is 853. The van der Waals surface area contributed by atoms with E-state index >= 15 is 0 Å². The predicted molar refractivity (Wildman–Crippen MR) is 119 cm³/mol. The fraction of sp³-hybridized carbons (Fsp3) is 0.391. The van der Waals surface area contributed by atoms with Gasteiger partial charge in [0.2, 0.25) is 5.91 Å². The highest BCUT2D eigenvalue weighted by molar-refractivity contribution is 5.86. The molecule has 0 bridgehead atoms. The summed E-state index contributed by atoms with van der Waals surface area (Å²) in [7, 11) is 1.71. The molecule has 2 aliphatic heterocycles. The van der Waals surface area contributed by atoms with Crippen LogP contribution in [0.2, 0.25) is 0 Å². The fourth-order valence-electron chi connectivity index (χ4n) is 3.92. The first-order valence-electron chi connectivity index (χ1n) is 10.5. The number of hydrogen-bond donors (Lipinski definition) is 2. The van der Waals surface area contributed by atoms with Gasteiger partial charge in [0.15, 0.2) is 5.96 Å². The number of piperazine rings is 1. The fourth-order valence-corrected chi connectivity index (χ4v) is 3.92. The second kappa shape index (κ2) is 9.52. The van der Waals surface area contributed by atoms with Crippen molar-refractivity contribution in [2.45, 2.75) is 12.5 Å². The third-order valence-electron chi connectivity index (χ3n) is 5.60. The number of ether oxygens (including phenoxy) is 1. The van der Waals surface area contributed by atoms with Gasteiger partial charge in [-0.15, -0.1) is 0 Å². The molecule has 2 aromatic rings. The minimum atomic E-state index is 0.0720. The quantitative estimate of drug-likeness (QED) is 0.581. The van der Waals surface area contributed by atoms with E-state index in [4.69, 9.17) is 4.74 Å². The number of rotatable bonds is 5. The van der Waals surface area contributed by atoms with Gasteiger partial charge >= 0.3 is 0 Å². The smallest absolute Gasteiger partial charge is 0.242 e. The van der Waals surface area contributed by atoms with Crippen molar-refractivity contribution in [1.82, 2.24) is 15.5 Å². The Morgan fingerprint density at radius 1 is 1.03 bits per heavy atom. The highest BCUT2D eigenvalue weighted by Crippen LogP contribution is 2.27. The van der Waals surface area contributed by atoms with E-state index in [1.807, 2.05) is 41.3 Å². The first-order valence-corrected chi connectivity index (χ1v) is 10.5. The molecule has 0 radical (unpaired) electrons. The van der Waals surface area contributed by atoms with Crippen LogP contribution in [0.1, 0.15) is 5.56 Å². The van der Waals surface area contributed by atoms with E-state index in [1.54, 1.807) is 7.05 Å². The third kappa shape index (κ3) is 4.84. The van der Waals surface area contributed by atoms with E-state index in [2.05, 4.69) is 38.7 Å². The Balaban J connectivity index is 1.18. The number of amides is 1. The summed E-state index contributed by atoms with van der Waals surface area (Å²) >= 11 is 0. The molecule has 1 unspecified atom stereocenters. The monoisotopic (exact) mass is 407 g/mol. The maximum absolute atomic E-state index is 12.6. The molecule has 158 valence electrons. The van der Waals surface area contributed by atoms with Crippen molar-refractivity contribution in [3.63, 3.8) is 0 Å². The number of anilines is 1. The van der Waals surface area contributed by atoms with Gasteiger partial charge in [-0.3, -0.25) is 9.79 Å². The summed E-state index contributed by atoms with van der Waals surface area (Å²) in [6.45, 7) is 4.03. The van der Waals surface area contributed by atoms with Crippen LogP contribution in [0.25, 0.3) is 0 Å². The van der Waals surface area contributed by atoms with Gasteiger partial charge in [-0.1, -0.05) is 36.4 Å². The molecule has 1 amide bonds. The average molecular weight is 408 g/mol. The highest BCUT2D eigenvalue weighted by Gasteiger charge is 2.23. The Kier molecular flexibility index (Phi) is 6.37. The van der Waals surface area contributed by atoms with E-state index in [-0.39, 0.29) is 18.6 Å². The summed E-state index contributed by atoms with van der Waals surface area (Å²) in [4.78, 5) is 21.1. The maximum atomic E-state index is 12.6. The lowest BCUT2D eigenvalue weighted by molar-refractivity contribution is -0.130. The summed E-state index contributed by atoms with van der Waals surface area (Å²) < 4.78 is 5.94. The molecule has 4 rings (SSSR count). The first-order chi connectivity index (χ1) is 14.7.